The van der Waals surface area contributed by atoms with Crippen LogP contribution < -0.4 is 0 Å². The van der Waals surface area contributed by atoms with Crippen molar-refractivity contribution < 1.29 is 8.78 Å². The summed E-state index contributed by atoms with van der Waals surface area (Å²) < 4.78 is 28.8. The van der Waals surface area contributed by atoms with E-state index in [2.05, 4.69) is 11.1 Å². The molecule has 1 unspecified atom stereocenters. The standard InChI is InChI=1S/C17H13F2N3/c1-11(9-20)10-22-16-8-14(19)13(18)7-15(16)21-17(22)12-5-3-2-4-6-12/h2-8,11H,10H2,1H3. The van der Waals surface area contributed by atoms with Crippen LogP contribution in [0, 0.1) is 28.9 Å². The van der Waals surface area contributed by atoms with Crippen molar-refractivity contribution in [3.8, 4) is 17.5 Å². The third-order valence-corrected chi connectivity index (χ3v) is 3.50. The molecule has 110 valence electrons. The molecule has 0 fully saturated rings. The lowest BCUT2D eigenvalue weighted by Crippen LogP contribution is -2.07. The number of fused-ring (bicyclic) bond motifs is 1. The second kappa shape index (κ2) is 5.57. The van der Waals surface area contributed by atoms with Crippen molar-refractivity contribution >= 4 is 11.0 Å². The first-order valence-electron chi connectivity index (χ1n) is 6.90. The van der Waals surface area contributed by atoms with Gasteiger partial charge in [-0.1, -0.05) is 30.3 Å². The molecule has 3 nitrogen and oxygen atoms in total. The minimum Gasteiger partial charge on any atom is -0.323 e. The van der Waals surface area contributed by atoms with Gasteiger partial charge in [-0.05, 0) is 6.92 Å². The Labute approximate surface area is 126 Å². The molecule has 0 spiro atoms. The summed E-state index contributed by atoms with van der Waals surface area (Å²) in [6.45, 7) is 2.14. The van der Waals surface area contributed by atoms with Gasteiger partial charge >= 0.3 is 0 Å². The van der Waals surface area contributed by atoms with E-state index in [0.29, 0.717) is 23.4 Å². The molecule has 0 saturated carbocycles. The van der Waals surface area contributed by atoms with Gasteiger partial charge in [0.15, 0.2) is 11.6 Å². The number of rotatable bonds is 3. The number of aromatic nitrogens is 2. The highest BCUT2D eigenvalue weighted by atomic mass is 19.2. The van der Waals surface area contributed by atoms with Crippen LogP contribution in [0.5, 0.6) is 0 Å². The van der Waals surface area contributed by atoms with Crippen molar-refractivity contribution in [2.45, 2.75) is 13.5 Å². The molecule has 22 heavy (non-hydrogen) atoms. The highest BCUT2D eigenvalue weighted by Gasteiger charge is 2.17. The zero-order valence-electron chi connectivity index (χ0n) is 11.9. The van der Waals surface area contributed by atoms with Crippen LogP contribution in [0.3, 0.4) is 0 Å². The molecule has 0 aliphatic rings. The largest absolute Gasteiger partial charge is 0.323 e. The van der Waals surface area contributed by atoms with E-state index >= 15 is 0 Å². The summed E-state index contributed by atoms with van der Waals surface area (Å²) in [5.74, 6) is -1.52. The molecule has 0 N–H and O–H groups in total. The van der Waals surface area contributed by atoms with Gasteiger partial charge in [-0.25, -0.2) is 13.8 Å². The lowest BCUT2D eigenvalue weighted by molar-refractivity contribution is 0.509. The van der Waals surface area contributed by atoms with E-state index in [-0.39, 0.29) is 5.92 Å². The maximum atomic E-state index is 13.6. The number of halogens is 2. The summed E-state index contributed by atoms with van der Waals surface area (Å²) in [5.41, 5.74) is 1.70. The number of imidazole rings is 1. The predicted molar refractivity (Wildman–Crippen MR) is 79.9 cm³/mol. The Morgan fingerprint density at radius 3 is 2.55 bits per heavy atom. The van der Waals surface area contributed by atoms with Crippen LogP contribution in [-0.4, -0.2) is 9.55 Å². The summed E-state index contributed by atoms with van der Waals surface area (Å²) in [6.07, 6.45) is 0. The second-order valence-electron chi connectivity index (χ2n) is 5.20. The first-order chi connectivity index (χ1) is 10.6. The molecule has 1 heterocycles. The third kappa shape index (κ3) is 2.44. The fourth-order valence-electron chi connectivity index (χ4n) is 2.43. The van der Waals surface area contributed by atoms with Gasteiger partial charge in [0.1, 0.15) is 5.82 Å². The van der Waals surface area contributed by atoms with Crippen LogP contribution in [0.2, 0.25) is 0 Å². The van der Waals surface area contributed by atoms with E-state index in [1.165, 1.54) is 0 Å². The van der Waals surface area contributed by atoms with Crippen molar-refractivity contribution in [2.24, 2.45) is 5.92 Å². The lowest BCUT2D eigenvalue weighted by atomic mass is 10.2. The zero-order chi connectivity index (χ0) is 15.7. The van der Waals surface area contributed by atoms with Crippen LogP contribution in [0.1, 0.15) is 6.92 Å². The van der Waals surface area contributed by atoms with E-state index in [0.717, 1.165) is 17.7 Å². The summed E-state index contributed by atoms with van der Waals surface area (Å²) in [4.78, 5) is 4.42. The van der Waals surface area contributed by atoms with Crippen LogP contribution in [0.4, 0.5) is 8.78 Å². The van der Waals surface area contributed by atoms with E-state index in [9.17, 15) is 8.78 Å². The molecule has 0 aliphatic carbocycles. The van der Waals surface area contributed by atoms with Gasteiger partial charge in [-0.2, -0.15) is 5.26 Å². The average molecular weight is 297 g/mol. The molecule has 0 bridgehead atoms. The summed E-state index contributed by atoms with van der Waals surface area (Å²) in [7, 11) is 0. The molecule has 0 radical (unpaired) electrons. The molecule has 3 rings (SSSR count). The van der Waals surface area contributed by atoms with Crippen molar-refractivity contribution in [2.75, 3.05) is 0 Å². The maximum Gasteiger partial charge on any atom is 0.161 e. The number of hydrogen-bond donors (Lipinski definition) is 0. The van der Waals surface area contributed by atoms with Crippen LogP contribution in [-0.2, 0) is 6.54 Å². The minimum atomic E-state index is -0.926. The molecule has 1 atom stereocenters. The molecule has 0 amide bonds. The van der Waals surface area contributed by atoms with Gasteiger partial charge in [0, 0.05) is 24.2 Å². The Bertz CT molecular complexity index is 863. The molecular formula is C17H13F2N3. The molecular weight excluding hydrogens is 284 g/mol. The number of nitriles is 1. The summed E-state index contributed by atoms with van der Waals surface area (Å²) >= 11 is 0. The highest BCUT2D eigenvalue weighted by Crippen LogP contribution is 2.27. The molecule has 3 aromatic rings. The first kappa shape index (κ1) is 14.2. The Morgan fingerprint density at radius 2 is 1.86 bits per heavy atom. The van der Waals surface area contributed by atoms with Crippen LogP contribution >= 0.6 is 0 Å². The zero-order valence-corrected chi connectivity index (χ0v) is 11.9. The monoisotopic (exact) mass is 297 g/mol. The molecule has 0 saturated heterocycles. The molecule has 2 aromatic carbocycles. The number of hydrogen-bond acceptors (Lipinski definition) is 2. The second-order valence-corrected chi connectivity index (χ2v) is 5.20. The smallest absolute Gasteiger partial charge is 0.161 e. The topological polar surface area (TPSA) is 41.6 Å². The van der Waals surface area contributed by atoms with E-state index in [4.69, 9.17) is 5.26 Å². The van der Waals surface area contributed by atoms with Crippen LogP contribution in [0.25, 0.3) is 22.4 Å². The van der Waals surface area contributed by atoms with Gasteiger partial charge in [-0.15, -0.1) is 0 Å². The Balaban J connectivity index is 2.26. The third-order valence-electron chi connectivity index (χ3n) is 3.50. The van der Waals surface area contributed by atoms with Crippen molar-refractivity contribution in [3.63, 3.8) is 0 Å². The maximum absolute atomic E-state index is 13.6. The fraction of sp³-hybridized carbons (Fsp3) is 0.176. The van der Waals surface area contributed by atoms with Gasteiger partial charge < -0.3 is 4.57 Å². The normalized spacial score (nSPS) is 12.3. The Kier molecular flexibility index (Phi) is 3.60. The fourth-order valence-corrected chi connectivity index (χ4v) is 2.43. The summed E-state index contributed by atoms with van der Waals surface area (Å²) in [5, 5.41) is 9.05. The van der Waals surface area contributed by atoms with Crippen molar-refractivity contribution in [1.29, 1.82) is 5.26 Å². The van der Waals surface area contributed by atoms with Gasteiger partial charge in [0.05, 0.1) is 23.0 Å². The molecule has 5 heteroatoms. The van der Waals surface area contributed by atoms with E-state index < -0.39 is 11.6 Å². The highest BCUT2D eigenvalue weighted by molar-refractivity contribution is 5.80. The van der Waals surface area contributed by atoms with E-state index in [1.807, 2.05) is 30.3 Å². The van der Waals surface area contributed by atoms with Crippen LogP contribution in [0.15, 0.2) is 42.5 Å². The van der Waals surface area contributed by atoms with Gasteiger partial charge in [-0.3, -0.25) is 0 Å². The Morgan fingerprint density at radius 1 is 1.18 bits per heavy atom. The van der Waals surface area contributed by atoms with Crippen molar-refractivity contribution in [1.82, 2.24) is 9.55 Å². The van der Waals surface area contributed by atoms with Gasteiger partial charge in [0.2, 0.25) is 0 Å². The Hall–Kier alpha value is -2.74. The molecule has 0 aliphatic heterocycles. The summed E-state index contributed by atoms with van der Waals surface area (Å²) in [6, 6.07) is 13.8. The number of benzene rings is 2. The molecule has 1 aromatic heterocycles. The quantitative estimate of drug-likeness (QED) is 0.729. The lowest BCUT2D eigenvalue weighted by Gasteiger charge is -2.10. The van der Waals surface area contributed by atoms with E-state index in [1.54, 1.807) is 11.5 Å². The average Bonchev–Trinajstić information content (AvgIpc) is 2.86. The van der Waals surface area contributed by atoms with Gasteiger partial charge in [0.25, 0.3) is 0 Å². The first-order valence-corrected chi connectivity index (χ1v) is 6.90. The van der Waals surface area contributed by atoms with Crippen molar-refractivity contribution in [3.05, 3.63) is 54.1 Å². The predicted octanol–water partition coefficient (Wildman–Crippen LogP) is 4.14. The SMILES string of the molecule is CC(C#N)Cn1c(-c2ccccc2)nc2cc(F)c(F)cc21. The minimum absolute atomic E-state index is 0.270. The number of nitrogens with zero attached hydrogens (tertiary/aromatic N) is 3.